The summed E-state index contributed by atoms with van der Waals surface area (Å²) in [6.45, 7) is 4.56. The minimum atomic E-state index is 0. The number of hydrogen-bond donors (Lipinski definition) is 2. The monoisotopic (exact) mass is 380 g/mol. The molecule has 0 aromatic rings. The molecule has 1 amide bonds. The van der Waals surface area contributed by atoms with Crippen LogP contribution in [-0.4, -0.2) is 42.4 Å². The summed E-state index contributed by atoms with van der Waals surface area (Å²) in [6.07, 6.45) is 5.26. The number of amides is 1. The Morgan fingerprint density at radius 3 is 2.89 bits per heavy atom. The van der Waals surface area contributed by atoms with Crippen LogP contribution in [0.15, 0.2) is 4.99 Å². The van der Waals surface area contributed by atoms with E-state index in [1.807, 2.05) is 4.90 Å². The molecule has 1 saturated heterocycles. The molecule has 5 nitrogen and oxygen atoms in total. The summed E-state index contributed by atoms with van der Waals surface area (Å²) >= 11 is 0. The van der Waals surface area contributed by atoms with E-state index in [4.69, 9.17) is 5.73 Å². The highest BCUT2D eigenvalue weighted by Gasteiger charge is 2.38. The van der Waals surface area contributed by atoms with Crippen LogP contribution < -0.4 is 11.1 Å². The number of halogens is 1. The number of nitrogens with one attached hydrogen (secondary N) is 1. The van der Waals surface area contributed by atoms with Gasteiger partial charge in [0.1, 0.15) is 0 Å². The number of nitrogens with zero attached hydrogens (tertiary/aromatic N) is 2. The van der Waals surface area contributed by atoms with Gasteiger partial charge in [0.2, 0.25) is 5.91 Å². The lowest BCUT2D eigenvalue weighted by molar-refractivity contribution is -0.128. The first kappa shape index (κ1) is 16.5. The molecule has 1 unspecified atom stereocenters. The van der Waals surface area contributed by atoms with Gasteiger partial charge in [-0.1, -0.05) is 13.3 Å². The van der Waals surface area contributed by atoms with Crippen molar-refractivity contribution in [2.45, 2.75) is 45.1 Å². The average Bonchev–Trinajstić information content (AvgIpc) is 3.11. The van der Waals surface area contributed by atoms with Gasteiger partial charge in [-0.15, -0.1) is 24.0 Å². The summed E-state index contributed by atoms with van der Waals surface area (Å²) in [5.41, 5.74) is 5.77. The van der Waals surface area contributed by atoms with Gasteiger partial charge in [-0.25, -0.2) is 0 Å². The maximum atomic E-state index is 11.8. The SMILES string of the molecule is CCCCNC(N)=NCC1CC(=O)N(C2CC2)C1.I. The van der Waals surface area contributed by atoms with Crippen LogP contribution in [0.4, 0.5) is 0 Å². The lowest BCUT2D eigenvalue weighted by Crippen LogP contribution is -2.33. The number of guanidine groups is 1. The van der Waals surface area contributed by atoms with E-state index in [0.717, 1.165) is 25.9 Å². The molecule has 19 heavy (non-hydrogen) atoms. The van der Waals surface area contributed by atoms with Crippen molar-refractivity contribution < 1.29 is 4.79 Å². The fourth-order valence-electron chi connectivity index (χ4n) is 2.35. The molecule has 1 heterocycles. The zero-order valence-electron chi connectivity index (χ0n) is 11.6. The second-order valence-electron chi connectivity index (χ2n) is 5.35. The number of likely N-dealkylation sites (tertiary alicyclic amines) is 1. The van der Waals surface area contributed by atoms with E-state index in [-0.39, 0.29) is 24.0 Å². The van der Waals surface area contributed by atoms with Crippen molar-refractivity contribution in [2.24, 2.45) is 16.6 Å². The van der Waals surface area contributed by atoms with E-state index in [1.165, 1.54) is 12.8 Å². The Bertz CT molecular complexity index is 331. The van der Waals surface area contributed by atoms with E-state index in [2.05, 4.69) is 17.2 Å². The summed E-state index contributed by atoms with van der Waals surface area (Å²) in [5, 5.41) is 3.09. The van der Waals surface area contributed by atoms with Gasteiger partial charge in [0, 0.05) is 38.0 Å². The van der Waals surface area contributed by atoms with Crippen molar-refractivity contribution in [1.29, 1.82) is 0 Å². The second kappa shape index (κ2) is 7.91. The van der Waals surface area contributed by atoms with Crippen LogP contribution in [0.25, 0.3) is 0 Å². The fraction of sp³-hybridized carbons (Fsp3) is 0.846. The Balaban J connectivity index is 0.00000180. The third-order valence-electron chi connectivity index (χ3n) is 3.58. The Hall–Kier alpha value is -0.530. The van der Waals surface area contributed by atoms with E-state index in [9.17, 15) is 4.79 Å². The summed E-state index contributed by atoms with van der Waals surface area (Å²) in [5.74, 6) is 1.17. The Morgan fingerprint density at radius 2 is 2.26 bits per heavy atom. The van der Waals surface area contributed by atoms with Crippen LogP contribution in [0.1, 0.15) is 39.0 Å². The molecule has 1 atom stereocenters. The van der Waals surface area contributed by atoms with Crippen molar-refractivity contribution >= 4 is 35.8 Å². The van der Waals surface area contributed by atoms with Crippen LogP contribution in [0.2, 0.25) is 0 Å². The van der Waals surface area contributed by atoms with Crippen molar-refractivity contribution in [3.63, 3.8) is 0 Å². The summed E-state index contributed by atoms with van der Waals surface area (Å²) in [4.78, 5) is 18.1. The Morgan fingerprint density at radius 1 is 1.53 bits per heavy atom. The molecule has 1 aliphatic carbocycles. The molecule has 3 N–H and O–H groups in total. The minimum Gasteiger partial charge on any atom is -0.370 e. The van der Waals surface area contributed by atoms with Gasteiger partial charge in [-0.3, -0.25) is 9.79 Å². The zero-order valence-corrected chi connectivity index (χ0v) is 13.9. The van der Waals surface area contributed by atoms with Gasteiger partial charge in [0.05, 0.1) is 0 Å². The predicted molar refractivity (Wildman–Crippen MR) is 87.7 cm³/mol. The second-order valence-corrected chi connectivity index (χ2v) is 5.35. The third-order valence-corrected chi connectivity index (χ3v) is 3.58. The van der Waals surface area contributed by atoms with E-state index in [0.29, 0.717) is 36.8 Å². The molecule has 0 radical (unpaired) electrons. The molecule has 0 bridgehead atoms. The van der Waals surface area contributed by atoms with Crippen molar-refractivity contribution in [1.82, 2.24) is 10.2 Å². The van der Waals surface area contributed by atoms with E-state index in [1.54, 1.807) is 0 Å². The van der Waals surface area contributed by atoms with Crippen molar-refractivity contribution in [3.8, 4) is 0 Å². The van der Waals surface area contributed by atoms with Crippen molar-refractivity contribution in [3.05, 3.63) is 0 Å². The number of nitrogens with two attached hydrogens (primary N) is 1. The molecule has 0 aromatic carbocycles. The molecular weight excluding hydrogens is 355 g/mol. The molecule has 110 valence electrons. The van der Waals surface area contributed by atoms with Gasteiger partial charge in [-0.2, -0.15) is 0 Å². The van der Waals surface area contributed by atoms with Gasteiger partial charge in [0.25, 0.3) is 0 Å². The third kappa shape index (κ3) is 5.16. The first-order valence-corrected chi connectivity index (χ1v) is 7.04. The summed E-state index contributed by atoms with van der Waals surface area (Å²) in [7, 11) is 0. The fourth-order valence-corrected chi connectivity index (χ4v) is 2.35. The molecule has 2 rings (SSSR count). The number of rotatable bonds is 6. The van der Waals surface area contributed by atoms with Crippen molar-refractivity contribution in [2.75, 3.05) is 19.6 Å². The maximum absolute atomic E-state index is 11.8. The average molecular weight is 380 g/mol. The summed E-state index contributed by atoms with van der Waals surface area (Å²) < 4.78 is 0. The highest BCUT2D eigenvalue weighted by atomic mass is 127. The molecule has 1 saturated carbocycles. The number of carbonyl (C=O) groups excluding carboxylic acids is 1. The standard InChI is InChI=1S/C13H24N4O.HI/c1-2-3-6-15-13(14)16-8-10-7-12(18)17(9-10)11-4-5-11;/h10-11H,2-9H2,1H3,(H3,14,15,16);1H. The van der Waals surface area contributed by atoms with Crippen LogP contribution in [-0.2, 0) is 4.79 Å². The van der Waals surface area contributed by atoms with Gasteiger partial charge >= 0.3 is 0 Å². The highest BCUT2D eigenvalue weighted by Crippen LogP contribution is 2.32. The molecule has 0 aromatic heterocycles. The number of carbonyl (C=O) groups is 1. The topological polar surface area (TPSA) is 70.7 Å². The molecular formula is C13H25IN4O. The smallest absolute Gasteiger partial charge is 0.223 e. The summed E-state index contributed by atoms with van der Waals surface area (Å²) in [6, 6.07) is 0.534. The zero-order chi connectivity index (χ0) is 13.0. The Kier molecular flexibility index (Phi) is 6.88. The molecule has 2 aliphatic rings. The van der Waals surface area contributed by atoms with Gasteiger partial charge in [-0.05, 0) is 19.3 Å². The maximum Gasteiger partial charge on any atom is 0.223 e. The lowest BCUT2D eigenvalue weighted by Gasteiger charge is -2.14. The van der Waals surface area contributed by atoms with Crippen LogP contribution >= 0.6 is 24.0 Å². The van der Waals surface area contributed by atoms with E-state index < -0.39 is 0 Å². The molecule has 1 aliphatic heterocycles. The predicted octanol–water partition coefficient (Wildman–Crippen LogP) is 1.32. The van der Waals surface area contributed by atoms with Crippen LogP contribution in [0.5, 0.6) is 0 Å². The lowest BCUT2D eigenvalue weighted by atomic mass is 10.1. The van der Waals surface area contributed by atoms with Gasteiger partial charge < -0.3 is 16.0 Å². The van der Waals surface area contributed by atoms with E-state index >= 15 is 0 Å². The van der Waals surface area contributed by atoms with Crippen LogP contribution in [0.3, 0.4) is 0 Å². The molecule has 6 heteroatoms. The Labute approximate surface area is 132 Å². The first-order valence-electron chi connectivity index (χ1n) is 7.04. The first-order chi connectivity index (χ1) is 8.70. The number of hydrogen-bond acceptors (Lipinski definition) is 2. The number of aliphatic imine (C=N–C) groups is 1. The quantitative estimate of drug-likeness (QED) is 0.316. The largest absolute Gasteiger partial charge is 0.370 e. The highest BCUT2D eigenvalue weighted by molar-refractivity contribution is 14.0. The normalized spacial score (nSPS) is 23.4. The minimum absolute atomic E-state index is 0. The van der Waals surface area contributed by atoms with Gasteiger partial charge in [0.15, 0.2) is 5.96 Å². The molecule has 2 fully saturated rings. The van der Waals surface area contributed by atoms with Crippen LogP contribution in [0, 0.1) is 5.92 Å². The molecule has 0 spiro atoms. The number of unbranched alkanes of at least 4 members (excludes halogenated alkanes) is 1.